The van der Waals surface area contributed by atoms with Crippen LogP contribution >= 0.6 is 24.8 Å². The van der Waals surface area contributed by atoms with Crippen LogP contribution in [0.2, 0.25) is 0 Å². The number of para-hydroxylation sites is 1. The Bertz CT molecular complexity index is 466. The van der Waals surface area contributed by atoms with Crippen molar-refractivity contribution in [3.05, 3.63) is 39.9 Å². The van der Waals surface area contributed by atoms with Crippen LogP contribution < -0.4 is 5.32 Å². The standard InChI is InChI=1S/C15H23N3O2.2ClH/c1-12(2)11-15(17-9-7-16-8-10-17)13-5-3-4-6-14(13)18(19)20;;/h3-6,12,15-16H,7-11H2,1-2H3;2*1H/t15-;;/m0../s1. The second-order valence-corrected chi connectivity index (χ2v) is 5.75. The Morgan fingerprint density at radius 2 is 1.82 bits per heavy atom. The monoisotopic (exact) mass is 349 g/mol. The van der Waals surface area contributed by atoms with Gasteiger partial charge in [0, 0.05) is 43.9 Å². The van der Waals surface area contributed by atoms with E-state index in [1.165, 1.54) is 0 Å². The van der Waals surface area contributed by atoms with Crippen LogP contribution in [0, 0.1) is 16.0 Å². The highest BCUT2D eigenvalue weighted by atomic mass is 35.5. The average molecular weight is 350 g/mol. The van der Waals surface area contributed by atoms with Crippen molar-refractivity contribution in [3.63, 3.8) is 0 Å². The summed E-state index contributed by atoms with van der Waals surface area (Å²) in [6.07, 6.45) is 0.949. The molecule has 1 aromatic carbocycles. The maximum Gasteiger partial charge on any atom is 0.274 e. The largest absolute Gasteiger partial charge is 0.314 e. The van der Waals surface area contributed by atoms with Crippen molar-refractivity contribution in [1.82, 2.24) is 10.2 Å². The van der Waals surface area contributed by atoms with E-state index in [1.54, 1.807) is 12.1 Å². The summed E-state index contributed by atoms with van der Waals surface area (Å²) in [6, 6.07) is 7.31. The van der Waals surface area contributed by atoms with Gasteiger partial charge in [0.05, 0.1) is 4.92 Å². The number of rotatable bonds is 5. The summed E-state index contributed by atoms with van der Waals surface area (Å²) in [4.78, 5) is 13.4. The van der Waals surface area contributed by atoms with Crippen LogP contribution in [0.3, 0.4) is 0 Å². The number of hydrogen-bond acceptors (Lipinski definition) is 4. The van der Waals surface area contributed by atoms with Gasteiger partial charge >= 0.3 is 0 Å². The summed E-state index contributed by atoms with van der Waals surface area (Å²) >= 11 is 0. The Kier molecular flexibility index (Phi) is 9.60. The lowest BCUT2D eigenvalue weighted by Crippen LogP contribution is -2.45. The number of nitro groups is 1. The van der Waals surface area contributed by atoms with Gasteiger partial charge in [0.15, 0.2) is 0 Å². The van der Waals surface area contributed by atoms with Crippen LogP contribution in [-0.2, 0) is 0 Å². The predicted molar refractivity (Wildman–Crippen MR) is 94.2 cm³/mol. The predicted octanol–water partition coefficient (Wildman–Crippen LogP) is 3.43. The van der Waals surface area contributed by atoms with Gasteiger partial charge in [-0.25, -0.2) is 0 Å². The van der Waals surface area contributed by atoms with Gasteiger partial charge in [0.2, 0.25) is 0 Å². The van der Waals surface area contributed by atoms with Crippen molar-refractivity contribution >= 4 is 30.5 Å². The van der Waals surface area contributed by atoms with Gasteiger partial charge in [-0.05, 0) is 12.3 Å². The highest BCUT2D eigenvalue weighted by Crippen LogP contribution is 2.33. The molecule has 0 amide bonds. The number of nitrogens with one attached hydrogen (secondary N) is 1. The summed E-state index contributed by atoms with van der Waals surface area (Å²) in [7, 11) is 0. The first-order chi connectivity index (χ1) is 9.59. The van der Waals surface area contributed by atoms with E-state index < -0.39 is 0 Å². The second kappa shape index (κ2) is 10.0. The fourth-order valence-corrected chi connectivity index (χ4v) is 2.85. The molecule has 126 valence electrons. The lowest BCUT2D eigenvalue weighted by Gasteiger charge is -2.35. The first-order valence-electron chi connectivity index (χ1n) is 7.27. The van der Waals surface area contributed by atoms with Gasteiger partial charge in [0.25, 0.3) is 5.69 Å². The van der Waals surface area contributed by atoms with Crippen molar-refractivity contribution in [2.45, 2.75) is 26.3 Å². The zero-order valence-electron chi connectivity index (χ0n) is 13.0. The molecule has 1 aromatic rings. The molecule has 1 fully saturated rings. The topological polar surface area (TPSA) is 58.4 Å². The molecule has 0 aromatic heterocycles. The molecule has 22 heavy (non-hydrogen) atoms. The molecule has 7 heteroatoms. The molecule has 0 radical (unpaired) electrons. The summed E-state index contributed by atoms with van der Waals surface area (Å²) in [5.41, 5.74) is 1.10. The minimum absolute atomic E-state index is 0. The van der Waals surface area contributed by atoms with Gasteiger partial charge in [-0.3, -0.25) is 15.0 Å². The zero-order chi connectivity index (χ0) is 14.5. The molecular formula is C15H25Cl2N3O2. The smallest absolute Gasteiger partial charge is 0.274 e. The minimum Gasteiger partial charge on any atom is -0.314 e. The van der Waals surface area contributed by atoms with E-state index in [9.17, 15) is 10.1 Å². The zero-order valence-corrected chi connectivity index (χ0v) is 14.7. The van der Waals surface area contributed by atoms with E-state index in [-0.39, 0.29) is 41.5 Å². The fraction of sp³-hybridized carbons (Fsp3) is 0.600. The molecule has 1 saturated heterocycles. The third kappa shape index (κ3) is 5.39. The molecule has 0 unspecified atom stereocenters. The van der Waals surface area contributed by atoms with Gasteiger partial charge in [-0.15, -0.1) is 24.8 Å². The Morgan fingerprint density at radius 3 is 2.36 bits per heavy atom. The van der Waals surface area contributed by atoms with Crippen molar-refractivity contribution in [2.75, 3.05) is 26.2 Å². The Morgan fingerprint density at radius 1 is 1.23 bits per heavy atom. The number of nitro benzene ring substituents is 1. The quantitative estimate of drug-likeness (QED) is 0.653. The molecule has 1 N–H and O–H groups in total. The van der Waals surface area contributed by atoms with Gasteiger partial charge < -0.3 is 5.32 Å². The Balaban J connectivity index is 0.00000220. The SMILES string of the molecule is CC(C)C[C@@H](c1ccccc1[N+](=O)[O-])N1CCNCC1.Cl.Cl. The fourth-order valence-electron chi connectivity index (χ4n) is 2.85. The maximum atomic E-state index is 11.3. The van der Waals surface area contributed by atoms with Crippen LogP contribution in [-0.4, -0.2) is 36.0 Å². The molecule has 0 spiro atoms. The normalized spacial score (nSPS) is 16.5. The van der Waals surface area contributed by atoms with Crippen LogP contribution in [0.1, 0.15) is 31.9 Å². The Labute approximate surface area is 144 Å². The van der Waals surface area contributed by atoms with Crippen LogP contribution in [0.5, 0.6) is 0 Å². The van der Waals surface area contributed by atoms with Gasteiger partial charge in [-0.1, -0.05) is 32.0 Å². The summed E-state index contributed by atoms with van der Waals surface area (Å²) in [5.74, 6) is 0.509. The van der Waals surface area contributed by atoms with Crippen LogP contribution in [0.15, 0.2) is 24.3 Å². The lowest BCUT2D eigenvalue weighted by atomic mass is 9.94. The Hall–Kier alpha value is -0.880. The molecule has 2 rings (SSSR count). The molecule has 1 aliphatic rings. The number of halogens is 2. The number of benzene rings is 1. The van der Waals surface area contributed by atoms with Crippen molar-refractivity contribution in [1.29, 1.82) is 0 Å². The molecule has 0 bridgehead atoms. The lowest BCUT2D eigenvalue weighted by molar-refractivity contribution is -0.386. The molecule has 0 aliphatic carbocycles. The van der Waals surface area contributed by atoms with Gasteiger partial charge in [0.1, 0.15) is 0 Å². The molecular weight excluding hydrogens is 325 g/mol. The van der Waals surface area contributed by atoms with Crippen molar-refractivity contribution in [2.24, 2.45) is 5.92 Å². The highest BCUT2D eigenvalue weighted by molar-refractivity contribution is 5.85. The minimum atomic E-state index is -0.259. The third-order valence-corrected chi connectivity index (χ3v) is 3.78. The first-order valence-corrected chi connectivity index (χ1v) is 7.27. The molecule has 1 heterocycles. The summed E-state index contributed by atoms with van der Waals surface area (Å²) < 4.78 is 0. The van der Waals surface area contributed by atoms with Crippen molar-refractivity contribution in [3.8, 4) is 0 Å². The van der Waals surface area contributed by atoms with Gasteiger partial charge in [-0.2, -0.15) is 0 Å². The summed E-state index contributed by atoms with van der Waals surface area (Å²) in [6.45, 7) is 8.14. The molecule has 1 atom stereocenters. The highest BCUT2D eigenvalue weighted by Gasteiger charge is 2.28. The van der Waals surface area contributed by atoms with Crippen molar-refractivity contribution < 1.29 is 4.92 Å². The number of hydrogen-bond donors (Lipinski definition) is 1. The molecule has 0 saturated carbocycles. The van der Waals surface area contributed by atoms with E-state index in [0.717, 1.165) is 38.2 Å². The first kappa shape index (κ1) is 21.1. The maximum absolute atomic E-state index is 11.3. The van der Waals surface area contributed by atoms with E-state index in [1.807, 2.05) is 12.1 Å². The third-order valence-electron chi connectivity index (χ3n) is 3.78. The summed E-state index contributed by atoms with van der Waals surface area (Å²) in [5, 5.41) is 14.6. The molecule has 5 nitrogen and oxygen atoms in total. The van der Waals surface area contributed by atoms with Crippen LogP contribution in [0.4, 0.5) is 5.69 Å². The molecule has 1 aliphatic heterocycles. The number of nitrogens with zero attached hydrogens (tertiary/aromatic N) is 2. The van der Waals surface area contributed by atoms with Crippen LogP contribution in [0.25, 0.3) is 0 Å². The van der Waals surface area contributed by atoms with E-state index in [4.69, 9.17) is 0 Å². The second-order valence-electron chi connectivity index (χ2n) is 5.75. The van der Waals surface area contributed by atoms with E-state index >= 15 is 0 Å². The average Bonchev–Trinajstić information content (AvgIpc) is 2.45. The number of piperazine rings is 1. The van der Waals surface area contributed by atoms with E-state index in [2.05, 4.69) is 24.1 Å². The van der Waals surface area contributed by atoms with E-state index in [0.29, 0.717) is 5.92 Å².